The summed E-state index contributed by atoms with van der Waals surface area (Å²) in [6.45, 7) is 1.48. The first-order valence-corrected chi connectivity index (χ1v) is 7.09. The Balaban J connectivity index is 0.00000220. The SMILES string of the molecule is CC(=O)Nc1nc(CCc2ccc(C=NN)cc2)cs1.Cl. The van der Waals surface area contributed by atoms with Gasteiger partial charge in [-0.25, -0.2) is 4.98 Å². The minimum Gasteiger partial charge on any atom is -0.323 e. The van der Waals surface area contributed by atoms with E-state index in [4.69, 9.17) is 5.84 Å². The third kappa shape index (κ3) is 5.53. The van der Waals surface area contributed by atoms with E-state index in [9.17, 15) is 4.79 Å². The molecule has 0 aliphatic carbocycles. The normalized spacial score (nSPS) is 10.3. The van der Waals surface area contributed by atoms with Crippen molar-refractivity contribution in [2.24, 2.45) is 10.9 Å². The molecule has 0 radical (unpaired) electrons. The fourth-order valence-corrected chi connectivity index (χ4v) is 2.55. The average molecular weight is 325 g/mol. The number of aryl methyl sites for hydroxylation is 2. The summed E-state index contributed by atoms with van der Waals surface area (Å²) in [6, 6.07) is 8.07. The Morgan fingerprint density at radius 3 is 2.71 bits per heavy atom. The lowest BCUT2D eigenvalue weighted by Gasteiger charge is -2.00. The van der Waals surface area contributed by atoms with Gasteiger partial charge in [-0.15, -0.1) is 23.7 Å². The predicted octanol–water partition coefficient (Wildman–Crippen LogP) is 2.60. The van der Waals surface area contributed by atoms with Gasteiger partial charge in [-0.3, -0.25) is 4.79 Å². The van der Waals surface area contributed by atoms with Crippen molar-refractivity contribution in [2.75, 3.05) is 5.32 Å². The van der Waals surface area contributed by atoms with E-state index in [0.717, 1.165) is 24.1 Å². The number of hydrogen-bond acceptors (Lipinski definition) is 5. The maximum absolute atomic E-state index is 10.9. The second-order valence-electron chi connectivity index (χ2n) is 4.34. The summed E-state index contributed by atoms with van der Waals surface area (Å²) in [6.07, 6.45) is 3.37. The zero-order valence-electron chi connectivity index (χ0n) is 11.6. The van der Waals surface area contributed by atoms with Crippen LogP contribution in [0.5, 0.6) is 0 Å². The van der Waals surface area contributed by atoms with Crippen LogP contribution >= 0.6 is 23.7 Å². The molecule has 2 aromatic rings. The van der Waals surface area contributed by atoms with Crippen molar-refractivity contribution in [3.63, 3.8) is 0 Å². The Morgan fingerprint density at radius 2 is 2.10 bits per heavy atom. The molecule has 1 aromatic carbocycles. The molecule has 2 rings (SSSR count). The van der Waals surface area contributed by atoms with Crippen LogP contribution in [0.25, 0.3) is 0 Å². The summed E-state index contributed by atoms with van der Waals surface area (Å²) in [4.78, 5) is 15.3. The van der Waals surface area contributed by atoms with Gasteiger partial charge in [0, 0.05) is 12.3 Å². The summed E-state index contributed by atoms with van der Waals surface area (Å²) in [5.74, 6) is 5.01. The maximum Gasteiger partial charge on any atom is 0.223 e. The highest BCUT2D eigenvalue weighted by atomic mass is 35.5. The number of carbonyl (C=O) groups is 1. The number of nitrogens with one attached hydrogen (secondary N) is 1. The molecule has 7 heteroatoms. The van der Waals surface area contributed by atoms with Gasteiger partial charge in [-0.05, 0) is 24.0 Å². The fourth-order valence-electron chi connectivity index (χ4n) is 1.76. The standard InChI is InChI=1S/C14H16N4OS.ClH/c1-10(19)17-14-18-13(9-20-14)7-6-11-2-4-12(5-3-11)8-16-15;/h2-5,8-9H,6-7,15H2,1H3,(H,17,18,19);1H. The molecule has 1 aromatic heterocycles. The van der Waals surface area contributed by atoms with E-state index < -0.39 is 0 Å². The number of anilines is 1. The Hall–Kier alpha value is -1.92. The molecule has 0 aliphatic heterocycles. The molecule has 112 valence electrons. The first-order chi connectivity index (χ1) is 9.67. The van der Waals surface area contributed by atoms with E-state index in [1.165, 1.54) is 23.8 Å². The Bertz CT molecular complexity index is 610. The fraction of sp³-hybridized carbons (Fsp3) is 0.214. The number of amides is 1. The van der Waals surface area contributed by atoms with Crippen LogP contribution in [0, 0.1) is 0 Å². The van der Waals surface area contributed by atoms with E-state index in [1.54, 1.807) is 6.21 Å². The molecule has 5 nitrogen and oxygen atoms in total. The van der Waals surface area contributed by atoms with Crippen LogP contribution in [-0.4, -0.2) is 17.1 Å². The summed E-state index contributed by atoms with van der Waals surface area (Å²) < 4.78 is 0. The number of aromatic nitrogens is 1. The third-order valence-corrected chi connectivity index (χ3v) is 3.51. The molecule has 0 saturated carbocycles. The van der Waals surface area contributed by atoms with Crippen molar-refractivity contribution in [3.05, 3.63) is 46.5 Å². The lowest BCUT2D eigenvalue weighted by Crippen LogP contribution is -2.05. The molecule has 0 atom stereocenters. The predicted molar refractivity (Wildman–Crippen MR) is 89.3 cm³/mol. The molecule has 0 spiro atoms. The summed E-state index contributed by atoms with van der Waals surface area (Å²) >= 11 is 1.45. The number of rotatable bonds is 5. The topological polar surface area (TPSA) is 80.4 Å². The van der Waals surface area contributed by atoms with E-state index in [-0.39, 0.29) is 18.3 Å². The Kier molecular flexibility index (Phi) is 6.84. The molecular formula is C14H17ClN4OS. The average Bonchev–Trinajstić information content (AvgIpc) is 2.85. The summed E-state index contributed by atoms with van der Waals surface area (Å²) in [5, 5.41) is 8.80. The quantitative estimate of drug-likeness (QED) is 0.504. The monoisotopic (exact) mass is 324 g/mol. The second kappa shape index (κ2) is 8.39. The highest BCUT2D eigenvalue weighted by Gasteiger charge is 2.03. The number of nitrogens with two attached hydrogens (primary N) is 1. The maximum atomic E-state index is 10.9. The molecule has 1 heterocycles. The molecule has 0 aliphatic rings. The summed E-state index contributed by atoms with van der Waals surface area (Å²) in [7, 11) is 0. The molecule has 0 fully saturated rings. The lowest BCUT2D eigenvalue weighted by atomic mass is 10.1. The number of carbonyl (C=O) groups excluding carboxylic acids is 1. The molecule has 0 bridgehead atoms. The van der Waals surface area contributed by atoms with Gasteiger partial charge in [0.25, 0.3) is 0 Å². The first-order valence-electron chi connectivity index (χ1n) is 6.21. The van der Waals surface area contributed by atoms with Crippen molar-refractivity contribution in [2.45, 2.75) is 19.8 Å². The van der Waals surface area contributed by atoms with E-state index >= 15 is 0 Å². The molecular weight excluding hydrogens is 308 g/mol. The lowest BCUT2D eigenvalue weighted by molar-refractivity contribution is -0.114. The van der Waals surface area contributed by atoms with Gasteiger partial charge in [0.2, 0.25) is 5.91 Å². The highest BCUT2D eigenvalue weighted by Crippen LogP contribution is 2.17. The molecule has 0 saturated heterocycles. The van der Waals surface area contributed by atoms with Crippen LogP contribution in [0.1, 0.15) is 23.7 Å². The van der Waals surface area contributed by atoms with Crippen molar-refractivity contribution >= 4 is 41.0 Å². The molecule has 21 heavy (non-hydrogen) atoms. The van der Waals surface area contributed by atoms with Crippen LogP contribution in [0.3, 0.4) is 0 Å². The number of halogens is 1. The minimum atomic E-state index is -0.0944. The van der Waals surface area contributed by atoms with Gasteiger partial charge in [0.05, 0.1) is 11.9 Å². The van der Waals surface area contributed by atoms with Gasteiger partial charge < -0.3 is 11.2 Å². The van der Waals surface area contributed by atoms with Crippen molar-refractivity contribution < 1.29 is 4.79 Å². The van der Waals surface area contributed by atoms with Gasteiger partial charge in [0.1, 0.15) is 0 Å². The van der Waals surface area contributed by atoms with Gasteiger partial charge in [-0.2, -0.15) is 5.10 Å². The molecule has 3 N–H and O–H groups in total. The zero-order chi connectivity index (χ0) is 14.4. The van der Waals surface area contributed by atoms with E-state index in [2.05, 4.69) is 27.5 Å². The number of nitrogens with zero attached hydrogens (tertiary/aromatic N) is 2. The minimum absolute atomic E-state index is 0. The first kappa shape index (κ1) is 17.1. The van der Waals surface area contributed by atoms with Crippen LogP contribution in [-0.2, 0) is 17.6 Å². The third-order valence-electron chi connectivity index (χ3n) is 2.71. The smallest absolute Gasteiger partial charge is 0.223 e. The number of hydrogen-bond donors (Lipinski definition) is 2. The Labute approximate surface area is 133 Å². The highest BCUT2D eigenvalue weighted by molar-refractivity contribution is 7.13. The van der Waals surface area contributed by atoms with E-state index in [1.807, 2.05) is 17.5 Å². The van der Waals surface area contributed by atoms with E-state index in [0.29, 0.717) is 5.13 Å². The van der Waals surface area contributed by atoms with Crippen molar-refractivity contribution in [1.82, 2.24) is 4.98 Å². The number of thiazole rings is 1. The van der Waals surface area contributed by atoms with Crippen molar-refractivity contribution in [3.8, 4) is 0 Å². The second-order valence-corrected chi connectivity index (χ2v) is 5.20. The number of hydrazone groups is 1. The Morgan fingerprint density at radius 1 is 1.38 bits per heavy atom. The molecule has 1 amide bonds. The van der Waals surface area contributed by atoms with Gasteiger partial charge >= 0.3 is 0 Å². The van der Waals surface area contributed by atoms with Crippen LogP contribution in [0.15, 0.2) is 34.7 Å². The van der Waals surface area contributed by atoms with Gasteiger partial charge in [0.15, 0.2) is 5.13 Å². The number of benzene rings is 1. The molecule has 0 unspecified atom stereocenters. The van der Waals surface area contributed by atoms with Gasteiger partial charge in [-0.1, -0.05) is 24.3 Å². The largest absolute Gasteiger partial charge is 0.323 e. The zero-order valence-corrected chi connectivity index (χ0v) is 13.2. The summed E-state index contributed by atoms with van der Waals surface area (Å²) in [5.41, 5.74) is 3.21. The van der Waals surface area contributed by atoms with Crippen LogP contribution in [0.2, 0.25) is 0 Å². The van der Waals surface area contributed by atoms with Crippen LogP contribution < -0.4 is 11.2 Å². The van der Waals surface area contributed by atoms with Crippen molar-refractivity contribution in [1.29, 1.82) is 0 Å². The van der Waals surface area contributed by atoms with Crippen LogP contribution in [0.4, 0.5) is 5.13 Å².